The number of fused-ring (bicyclic) bond motifs is 1. The van der Waals surface area contributed by atoms with Gasteiger partial charge in [-0.25, -0.2) is 14.2 Å². The van der Waals surface area contributed by atoms with Crippen molar-refractivity contribution in [2.75, 3.05) is 18.5 Å². The van der Waals surface area contributed by atoms with Crippen molar-refractivity contribution in [3.05, 3.63) is 65.6 Å². The number of aryl methyl sites for hydroxylation is 2. The number of carbonyl (C=O) groups excluding carboxylic acids is 1. The van der Waals surface area contributed by atoms with Crippen molar-refractivity contribution in [1.29, 1.82) is 0 Å². The molecule has 2 aromatic heterocycles. The van der Waals surface area contributed by atoms with E-state index >= 15 is 0 Å². The number of anilines is 1. The second kappa shape index (κ2) is 9.87. The third kappa shape index (κ3) is 4.24. The lowest BCUT2D eigenvalue weighted by atomic mass is 9.92. The minimum absolute atomic E-state index is 0.0179. The summed E-state index contributed by atoms with van der Waals surface area (Å²) in [5, 5.41) is 4.10. The molecule has 9 heteroatoms. The predicted molar refractivity (Wildman–Crippen MR) is 141 cm³/mol. The maximum absolute atomic E-state index is 13.8. The topological polar surface area (TPSA) is 82.6 Å². The number of rotatable bonds is 5. The van der Waals surface area contributed by atoms with Crippen LogP contribution in [-0.2, 0) is 9.47 Å². The van der Waals surface area contributed by atoms with Crippen LogP contribution in [0, 0.1) is 19.7 Å². The van der Waals surface area contributed by atoms with Gasteiger partial charge in [-0.2, -0.15) is 0 Å². The van der Waals surface area contributed by atoms with Gasteiger partial charge in [0.15, 0.2) is 0 Å². The zero-order valence-electron chi connectivity index (χ0n) is 24.3. The summed E-state index contributed by atoms with van der Waals surface area (Å²) in [5.74, 6) is 1.02. The number of benzene rings is 2. The zero-order valence-corrected chi connectivity index (χ0v) is 21.3. The maximum Gasteiger partial charge on any atom is 0.414 e. The molecule has 0 unspecified atom stereocenters. The highest BCUT2D eigenvalue weighted by atomic mass is 19.1. The smallest absolute Gasteiger partial charge is 0.414 e. The molecule has 2 aromatic carbocycles. The molecule has 38 heavy (non-hydrogen) atoms. The number of methoxy groups -OCH3 is 1. The van der Waals surface area contributed by atoms with Crippen molar-refractivity contribution in [3.8, 4) is 11.1 Å². The minimum atomic E-state index is -2.43. The Hall–Kier alpha value is -3.72. The monoisotopic (exact) mass is 521 g/mol. The molecule has 1 saturated heterocycles. The molecule has 1 aliphatic carbocycles. The normalized spacial score (nSPS) is 23.7. The Morgan fingerprint density at radius 1 is 1.08 bits per heavy atom. The predicted octanol–water partition coefficient (Wildman–Crippen LogP) is 6.67. The van der Waals surface area contributed by atoms with Crippen LogP contribution < -0.4 is 4.90 Å². The molecule has 0 spiro atoms. The lowest BCUT2D eigenvalue weighted by Crippen LogP contribution is -2.42. The summed E-state index contributed by atoms with van der Waals surface area (Å²) >= 11 is 0. The Balaban J connectivity index is 1.45. The summed E-state index contributed by atoms with van der Waals surface area (Å²) in [5.41, 5.74) is 4.82. The van der Waals surface area contributed by atoms with E-state index in [1.54, 1.807) is 17.0 Å². The first-order valence-electron chi connectivity index (χ1n) is 14.4. The van der Waals surface area contributed by atoms with Crippen LogP contribution in [0.3, 0.4) is 0 Å². The molecule has 8 nitrogen and oxygen atoms in total. The van der Waals surface area contributed by atoms with Crippen LogP contribution in [0.2, 0.25) is 0 Å². The van der Waals surface area contributed by atoms with Gasteiger partial charge >= 0.3 is 6.09 Å². The lowest BCUT2D eigenvalue weighted by molar-refractivity contribution is 0.0582. The van der Waals surface area contributed by atoms with Crippen LogP contribution in [0.1, 0.15) is 65.6 Å². The Bertz CT molecular complexity index is 1560. The Kier molecular flexibility index (Phi) is 5.52. The van der Waals surface area contributed by atoms with Crippen LogP contribution >= 0.6 is 0 Å². The maximum atomic E-state index is 13.8. The number of carbonyl (C=O) groups is 1. The van der Waals surface area contributed by atoms with E-state index in [0.29, 0.717) is 49.4 Å². The highest BCUT2D eigenvalue weighted by molar-refractivity contribution is 5.90. The molecular weight excluding hydrogens is 487 g/mol. The van der Waals surface area contributed by atoms with Gasteiger partial charge in [0.05, 0.1) is 33.6 Å². The third-order valence-electron chi connectivity index (χ3n) is 7.74. The standard InChI is InChI=1S/C29H31FN4O4/c1-17-27(18(2)38-32-17)19-4-13-25-24(16-19)31-28(33(25)21-9-11-23(36-3)12-10-21)26-14-15-37-29(35)34(26)22-7-5-20(30)6-8-22/h4-8,13,16,21,23,26H,9-12,14-15H2,1-3H3/t21?,23?,26-/m0/s1/i3D3. The fourth-order valence-corrected chi connectivity index (χ4v) is 5.92. The first-order valence-corrected chi connectivity index (χ1v) is 12.9. The second-order valence-corrected chi connectivity index (χ2v) is 10.1. The van der Waals surface area contributed by atoms with E-state index in [2.05, 4.69) is 9.72 Å². The second-order valence-electron chi connectivity index (χ2n) is 10.1. The van der Waals surface area contributed by atoms with Gasteiger partial charge in [-0.3, -0.25) is 4.90 Å². The molecule has 1 saturated carbocycles. The quantitative estimate of drug-likeness (QED) is 0.292. The van der Waals surface area contributed by atoms with Crippen molar-refractivity contribution in [2.24, 2.45) is 0 Å². The van der Waals surface area contributed by atoms with Crippen LogP contribution in [0.15, 0.2) is 47.0 Å². The fourth-order valence-electron chi connectivity index (χ4n) is 5.92. The van der Waals surface area contributed by atoms with Gasteiger partial charge in [-0.15, -0.1) is 0 Å². The summed E-state index contributed by atoms with van der Waals surface area (Å²) in [6.45, 7) is 4.00. The number of amides is 1. The van der Waals surface area contributed by atoms with Crippen molar-refractivity contribution in [1.82, 2.24) is 14.7 Å². The summed E-state index contributed by atoms with van der Waals surface area (Å²) in [6.07, 6.45) is 2.21. The molecule has 1 aliphatic heterocycles. The third-order valence-corrected chi connectivity index (χ3v) is 7.74. The molecule has 6 rings (SSSR count). The average molecular weight is 522 g/mol. The summed E-state index contributed by atoms with van der Waals surface area (Å²) in [4.78, 5) is 19.8. The Morgan fingerprint density at radius 3 is 2.58 bits per heavy atom. The van der Waals surface area contributed by atoms with E-state index in [4.69, 9.17) is 23.1 Å². The largest absolute Gasteiger partial charge is 0.449 e. The van der Waals surface area contributed by atoms with Crippen LogP contribution in [0.4, 0.5) is 14.9 Å². The molecule has 1 atom stereocenters. The van der Waals surface area contributed by atoms with E-state index < -0.39 is 25.0 Å². The van der Waals surface area contributed by atoms with Crippen molar-refractivity contribution >= 4 is 22.8 Å². The number of aromatic nitrogens is 3. The molecule has 2 fully saturated rings. The van der Waals surface area contributed by atoms with Crippen molar-refractivity contribution < 1.29 is 27.3 Å². The fraction of sp³-hybridized carbons (Fsp3) is 0.414. The first kappa shape index (κ1) is 21.2. The average Bonchev–Trinajstić information content (AvgIpc) is 3.47. The zero-order chi connectivity index (χ0) is 28.9. The van der Waals surface area contributed by atoms with Crippen molar-refractivity contribution in [3.63, 3.8) is 0 Å². The van der Waals surface area contributed by atoms with Crippen LogP contribution in [-0.4, -0.2) is 40.5 Å². The SMILES string of the molecule is [2H]C([2H])([2H])OC1CCC(n2c([C@@H]3CCOC(=O)N3c3ccc(F)cc3)nc3cc(-c4c(C)noc4C)ccc32)CC1. The van der Waals surface area contributed by atoms with Gasteiger partial charge < -0.3 is 18.6 Å². The number of hydrogen-bond donors (Lipinski definition) is 0. The first-order chi connectivity index (χ1) is 19.6. The summed E-state index contributed by atoms with van der Waals surface area (Å²) in [6, 6.07) is 11.4. The van der Waals surface area contributed by atoms with E-state index in [0.717, 1.165) is 27.9 Å². The summed E-state index contributed by atoms with van der Waals surface area (Å²) in [7, 11) is -2.43. The number of hydrogen-bond acceptors (Lipinski definition) is 6. The Labute approximate surface area is 224 Å². The number of halogens is 1. The lowest BCUT2D eigenvalue weighted by Gasteiger charge is -2.37. The van der Waals surface area contributed by atoms with Gasteiger partial charge in [0.2, 0.25) is 0 Å². The Morgan fingerprint density at radius 2 is 1.87 bits per heavy atom. The molecule has 198 valence electrons. The molecular formula is C29H31FN4O4. The van der Waals surface area contributed by atoms with Crippen LogP contribution in [0.25, 0.3) is 22.2 Å². The van der Waals surface area contributed by atoms with Gasteiger partial charge in [-0.05, 0) is 81.5 Å². The van der Waals surface area contributed by atoms with Gasteiger partial charge in [0, 0.05) is 30.8 Å². The molecule has 2 aliphatic rings. The number of ether oxygens (including phenoxy) is 2. The molecule has 0 bridgehead atoms. The van der Waals surface area contributed by atoms with E-state index in [9.17, 15) is 9.18 Å². The van der Waals surface area contributed by atoms with E-state index in [1.165, 1.54) is 12.1 Å². The molecule has 1 amide bonds. The highest BCUT2D eigenvalue weighted by Crippen LogP contribution is 2.41. The molecule has 3 heterocycles. The van der Waals surface area contributed by atoms with Crippen molar-refractivity contribution in [2.45, 2.75) is 64.1 Å². The molecule has 0 N–H and O–H groups in total. The molecule has 4 aromatic rings. The molecule has 0 radical (unpaired) electrons. The number of nitrogens with zero attached hydrogens (tertiary/aromatic N) is 4. The summed E-state index contributed by atoms with van der Waals surface area (Å²) < 4.78 is 54.5. The van der Waals surface area contributed by atoms with Gasteiger partial charge in [0.1, 0.15) is 23.4 Å². The number of cyclic esters (lactones) is 1. The number of imidazole rings is 1. The highest BCUT2D eigenvalue weighted by Gasteiger charge is 2.37. The van der Waals surface area contributed by atoms with E-state index in [1.807, 2.05) is 32.0 Å². The minimum Gasteiger partial charge on any atom is -0.449 e. The van der Waals surface area contributed by atoms with E-state index in [-0.39, 0.29) is 18.8 Å². The van der Waals surface area contributed by atoms with Gasteiger partial charge in [-0.1, -0.05) is 11.2 Å². The van der Waals surface area contributed by atoms with Gasteiger partial charge in [0.25, 0.3) is 0 Å². The van der Waals surface area contributed by atoms with Crippen LogP contribution in [0.5, 0.6) is 0 Å².